The van der Waals surface area contributed by atoms with Gasteiger partial charge in [-0.1, -0.05) is 50.1 Å². The Morgan fingerprint density at radius 3 is 2.33 bits per heavy atom. The molecule has 0 saturated carbocycles. The number of hydrogen-bond acceptors (Lipinski definition) is 4. The number of para-hydroxylation sites is 1. The van der Waals surface area contributed by atoms with E-state index in [2.05, 4.69) is 12.2 Å². The summed E-state index contributed by atoms with van der Waals surface area (Å²) in [6, 6.07) is 16.0. The molecule has 1 unspecified atom stereocenters. The smallest absolute Gasteiger partial charge is 0.261 e. The molecule has 2 amide bonds. The van der Waals surface area contributed by atoms with Gasteiger partial charge in [0.1, 0.15) is 17.5 Å². The van der Waals surface area contributed by atoms with Crippen molar-refractivity contribution < 1.29 is 19.1 Å². The molecular weight excluding hydrogens is 380 g/mol. The third-order valence-electron chi connectivity index (χ3n) is 4.86. The van der Waals surface area contributed by atoms with Crippen LogP contribution in [-0.4, -0.2) is 43.0 Å². The Morgan fingerprint density at radius 2 is 1.70 bits per heavy atom. The molecule has 1 N–H and O–H groups in total. The largest absolute Gasteiger partial charge is 0.497 e. The maximum Gasteiger partial charge on any atom is 0.261 e. The minimum Gasteiger partial charge on any atom is -0.497 e. The monoisotopic (exact) mass is 412 g/mol. The number of methoxy groups -OCH3 is 1. The van der Waals surface area contributed by atoms with E-state index in [4.69, 9.17) is 9.47 Å². The van der Waals surface area contributed by atoms with Gasteiger partial charge in [-0.2, -0.15) is 0 Å². The highest BCUT2D eigenvalue weighted by molar-refractivity contribution is 5.87. The predicted molar refractivity (Wildman–Crippen MR) is 117 cm³/mol. The molecule has 6 nitrogen and oxygen atoms in total. The number of nitrogens with one attached hydrogen (secondary N) is 1. The Balaban J connectivity index is 2.07. The molecule has 0 aliphatic rings. The molecule has 0 saturated heterocycles. The lowest BCUT2D eigenvalue weighted by molar-refractivity contribution is -0.142. The average molecular weight is 413 g/mol. The molecule has 2 aromatic carbocycles. The molecule has 6 heteroatoms. The zero-order valence-corrected chi connectivity index (χ0v) is 18.1. The van der Waals surface area contributed by atoms with Crippen LogP contribution in [0.25, 0.3) is 0 Å². The van der Waals surface area contributed by atoms with Crippen molar-refractivity contribution in [2.24, 2.45) is 0 Å². The van der Waals surface area contributed by atoms with Crippen molar-refractivity contribution in [1.82, 2.24) is 10.2 Å². The summed E-state index contributed by atoms with van der Waals surface area (Å²) in [5.74, 6) is 0.955. The fourth-order valence-electron chi connectivity index (χ4n) is 2.99. The first-order chi connectivity index (χ1) is 14.5. The summed E-state index contributed by atoms with van der Waals surface area (Å²) in [6.45, 7) is 4.66. The highest BCUT2D eigenvalue weighted by atomic mass is 16.5. The van der Waals surface area contributed by atoms with E-state index in [0.29, 0.717) is 18.8 Å². The summed E-state index contributed by atoms with van der Waals surface area (Å²) < 4.78 is 10.8. The molecule has 0 aliphatic heterocycles. The van der Waals surface area contributed by atoms with Crippen LogP contribution in [0.15, 0.2) is 54.6 Å². The molecule has 0 fully saturated rings. The lowest BCUT2D eigenvalue weighted by Gasteiger charge is -2.28. The maximum atomic E-state index is 13.0. The number of hydrogen-bond donors (Lipinski definition) is 1. The molecule has 0 heterocycles. The molecule has 0 bridgehead atoms. The fourth-order valence-corrected chi connectivity index (χ4v) is 2.99. The van der Waals surface area contributed by atoms with Crippen molar-refractivity contribution in [2.45, 2.75) is 45.7 Å². The van der Waals surface area contributed by atoms with Crippen molar-refractivity contribution in [3.05, 3.63) is 60.2 Å². The zero-order valence-electron chi connectivity index (χ0n) is 18.1. The lowest BCUT2D eigenvalue weighted by Crippen LogP contribution is -2.49. The van der Waals surface area contributed by atoms with E-state index < -0.39 is 6.04 Å². The highest BCUT2D eigenvalue weighted by Gasteiger charge is 2.26. The van der Waals surface area contributed by atoms with Gasteiger partial charge in [0.15, 0.2) is 6.61 Å². The van der Waals surface area contributed by atoms with Crippen LogP contribution in [0.1, 0.15) is 38.7 Å². The van der Waals surface area contributed by atoms with Crippen LogP contribution in [0.3, 0.4) is 0 Å². The molecule has 0 aliphatic carbocycles. The Morgan fingerprint density at radius 1 is 1.00 bits per heavy atom. The van der Waals surface area contributed by atoms with Crippen LogP contribution in [0.2, 0.25) is 0 Å². The Hall–Kier alpha value is -3.02. The number of carbonyl (C=O) groups excluding carboxylic acids is 2. The Bertz CT molecular complexity index is 778. The number of benzene rings is 2. The first kappa shape index (κ1) is 23.3. The van der Waals surface area contributed by atoms with E-state index in [-0.39, 0.29) is 18.4 Å². The van der Waals surface area contributed by atoms with Gasteiger partial charge in [0.05, 0.1) is 7.11 Å². The SMILES string of the molecule is CCCCCNC(=O)C(C)N(Cc1ccc(OC)cc1)C(=O)COc1ccccc1. The minimum atomic E-state index is -0.611. The summed E-state index contributed by atoms with van der Waals surface area (Å²) in [5.41, 5.74) is 0.912. The van der Waals surface area contributed by atoms with E-state index in [1.807, 2.05) is 42.5 Å². The molecule has 0 aromatic heterocycles. The number of unbranched alkanes of at least 4 members (excludes halogenated alkanes) is 2. The van der Waals surface area contributed by atoms with Gasteiger partial charge in [-0.25, -0.2) is 0 Å². The highest BCUT2D eigenvalue weighted by Crippen LogP contribution is 2.16. The van der Waals surface area contributed by atoms with Crippen LogP contribution >= 0.6 is 0 Å². The predicted octanol–water partition coefficient (Wildman–Crippen LogP) is 3.80. The van der Waals surface area contributed by atoms with Gasteiger partial charge in [0.25, 0.3) is 5.91 Å². The number of rotatable bonds is 12. The second kappa shape index (κ2) is 12.5. The standard InChI is InChI=1S/C24H32N2O4/c1-4-5-9-16-25-24(28)19(2)26(17-20-12-14-21(29-3)15-13-20)23(27)18-30-22-10-7-6-8-11-22/h6-8,10-15,19H,4-5,9,16-18H2,1-3H3,(H,25,28). The normalized spacial score (nSPS) is 11.4. The topological polar surface area (TPSA) is 67.9 Å². The lowest BCUT2D eigenvalue weighted by atomic mass is 10.1. The van der Waals surface area contributed by atoms with E-state index in [1.54, 1.807) is 31.1 Å². The maximum absolute atomic E-state index is 13.0. The van der Waals surface area contributed by atoms with Crippen LogP contribution in [0.5, 0.6) is 11.5 Å². The molecule has 30 heavy (non-hydrogen) atoms. The molecular formula is C24H32N2O4. The van der Waals surface area contributed by atoms with Crippen molar-refractivity contribution in [2.75, 3.05) is 20.3 Å². The molecule has 2 aromatic rings. The van der Waals surface area contributed by atoms with Crippen molar-refractivity contribution >= 4 is 11.8 Å². The molecule has 0 radical (unpaired) electrons. The van der Waals surface area contributed by atoms with E-state index in [1.165, 1.54) is 0 Å². The average Bonchev–Trinajstić information content (AvgIpc) is 2.79. The van der Waals surface area contributed by atoms with Crippen LogP contribution in [0, 0.1) is 0 Å². The summed E-state index contributed by atoms with van der Waals surface area (Å²) in [5, 5.41) is 2.94. The van der Waals surface area contributed by atoms with Gasteiger partial charge in [-0.05, 0) is 43.2 Å². The number of nitrogens with zero attached hydrogens (tertiary/aromatic N) is 1. The first-order valence-corrected chi connectivity index (χ1v) is 10.4. The molecule has 1 atom stereocenters. The second-order valence-electron chi connectivity index (χ2n) is 7.15. The third-order valence-corrected chi connectivity index (χ3v) is 4.86. The van der Waals surface area contributed by atoms with E-state index in [0.717, 1.165) is 30.6 Å². The van der Waals surface area contributed by atoms with E-state index >= 15 is 0 Å². The molecule has 0 spiro atoms. The minimum absolute atomic E-state index is 0.131. The number of ether oxygens (including phenoxy) is 2. The summed E-state index contributed by atoms with van der Waals surface area (Å²) in [6.07, 6.45) is 3.08. The van der Waals surface area contributed by atoms with Crippen molar-refractivity contribution in [3.8, 4) is 11.5 Å². The molecule has 162 valence electrons. The van der Waals surface area contributed by atoms with Gasteiger partial charge < -0.3 is 19.7 Å². The summed E-state index contributed by atoms with van der Waals surface area (Å²) in [4.78, 5) is 27.2. The van der Waals surface area contributed by atoms with Gasteiger partial charge >= 0.3 is 0 Å². The number of amides is 2. The quantitative estimate of drug-likeness (QED) is 0.539. The Labute approximate surface area is 179 Å². The van der Waals surface area contributed by atoms with Gasteiger partial charge in [0.2, 0.25) is 5.91 Å². The summed E-state index contributed by atoms with van der Waals surface area (Å²) >= 11 is 0. The van der Waals surface area contributed by atoms with Crippen molar-refractivity contribution in [1.29, 1.82) is 0 Å². The molecule has 2 rings (SSSR count). The van der Waals surface area contributed by atoms with Crippen LogP contribution in [0.4, 0.5) is 0 Å². The van der Waals surface area contributed by atoms with Crippen LogP contribution in [-0.2, 0) is 16.1 Å². The number of carbonyl (C=O) groups is 2. The van der Waals surface area contributed by atoms with Gasteiger partial charge in [0, 0.05) is 13.1 Å². The zero-order chi connectivity index (χ0) is 21.8. The van der Waals surface area contributed by atoms with Gasteiger partial charge in [-0.15, -0.1) is 0 Å². The fraction of sp³-hybridized carbons (Fsp3) is 0.417. The third kappa shape index (κ3) is 7.43. The Kier molecular flexibility index (Phi) is 9.71. The van der Waals surface area contributed by atoms with Crippen molar-refractivity contribution in [3.63, 3.8) is 0 Å². The first-order valence-electron chi connectivity index (χ1n) is 10.4. The second-order valence-corrected chi connectivity index (χ2v) is 7.15. The van der Waals surface area contributed by atoms with Gasteiger partial charge in [-0.3, -0.25) is 9.59 Å². The summed E-state index contributed by atoms with van der Waals surface area (Å²) in [7, 11) is 1.61. The van der Waals surface area contributed by atoms with E-state index in [9.17, 15) is 9.59 Å². The van der Waals surface area contributed by atoms with Crippen LogP contribution < -0.4 is 14.8 Å².